The molecule has 0 unspecified atom stereocenters. The number of imidazole rings is 1. The summed E-state index contributed by atoms with van der Waals surface area (Å²) in [5.74, 6) is -1.25. The Bertz CT molecular complexity index is 677. The Morgan fingerprint density at radius 2 is 2.14 bits per heavy atom. The standard InChI is InChI=1S/C14H17ClN4O2/c1-17-4-6-18(7-5-17)9-11-13(14(20)21)16-12-3-2-10(15)8-19(11)12/h2-3,8H,4-7,9H2,1H3,(H,20,21). The second kappa shape index (κ2) is 5.63. The number of aromatic carboxylic acids is 1. The maximum absolute atomic E-state index is 11.3. The minimum absolute atomic E-state index is 0.00328. The first-order valence-electron chi connectivity index (χ1n) is 6.96. The van der Waals surface area contributed by atoms with Crippen LogP contribution in [0.15, 0.2) is 18.3 Å². The minimum atomic E-state index is -1.25. The molecule has 0 spiro atoms. The van der Waals surface area contributed by atoms with Crippen molar-refractivity contribution < 1.29 is 14.8 Å². The third kappa shape index (κ3) is 2.88. The molecule has 0 aromatic carbocycles. The number of carbonyl (C=O) groups excluding carboxylic acids is 1. The number of aromatic nitrogens is 2. The van der Waals surface area contributed by atoms with Gasteiger partial charge in [0, 0.05) is 25.8 Å². The van der Waals surface area contributed by atoms with Crippen molar-refractivity contribution in [2.75, 3.05) is 33.2 Å². The molecular formula is C14H17ClN4O2. The summed E-state index contributed by atoms with van der Waals surface area (Å²) in [6.07, 6.45) is 1.70. The molecule has 0 aliphatic carbocycles. The van der Waals surface area contributed by atoms with E-state index in [-0.39, 0.29) is 5.69 Å². The first-order chi connectivity index (χ1) is 10.0. The van der Waals surface area contributed by atoms with E-state index in [2.05, 4.69) is 16.9 Å². The largest absolute Gasteiger partial charge is 0.543 e. The summed E-state index contributed by atoms with van der Waals surface area (Å²) >= 11 is 6.01. The lowest BCUT2D eigenvalue weighted by atomic mass is 10.2. The molecule has 3 heterocycles. The van der Waals surface area contributed by atoms with E-state index in [9.17, 15) is 9.90 Å². The number of quaternary nitrogens is 1. The second-order valence-corrected chi connectivity index (χ2v) is 5.94. The van der Waals surface area contributed by atoms with Gasteiger partial charge in [-0.05, 0) is 12.1 Å². The van der Waals surface area contributed by atoms with Gasteiger partial charge in [-0.25, -0.2) is 4.98 Å². The van der Waals surface area contributed by atoms with Crippen molar-refractivity contribution >= 4 is 23.2 Å². The number of likely N-dealkylation sites (N-methyl/N-ethyl adjacent to an activating group) is 1. The van der Waals surface area contributed by atoms with Crippen LogP contribution in [-0.2, 0) is 6.54 Å². The lowest BCUT2D eigenvalue weighted by molar-refractivity contribution is -0.884. The Morgan fingerprint density at radius 1 is 1.43 bits per heavy atom. The summed E-state index contributed by atoms with van der Waals surface area (Å²) in [5, 5.41) is 11.9. The molecule has 0 radical (unpaired) electrons. The molecule has 1 aliphatic heterocycles. The number of fused-ring (bicyclic) bond motifs is 1. The van der Waals surface area contributed by atoms with Crippen LogP contribution in [0.25, 0.3) is 5.65 Å². The van der Waals surface area contributed by atoms with Gasteiger partial charge in [0.25, 0.3) is 0 Å². The lowest BCUT2D eigenvalue weighted by Gasteiger charge is -2.30. The van der Waals surface area contributed by atoms with Gasteiger partial charge >= 0.3 is 0 Å². The molecule has 6 nitrogen and oxygen atoms in total. The Hall–Kier alpha value is -1.63. The number of carboxylic acids is 1. The topological polar surface area (TPSA) is 65.1 Å². The molecule has 1 N–H and O–H groups in total. The first kappa shape index (κ1) is 14.3. The zero-order valence-electron chi connectivity index (χ0n) is 11.8. The van der Waals surface area contributed by atoms with Gasteiger partial charge < -0.3 is 19.2 Å². The summed E-state index contributed by atoms with van der Waals surface area (Å²) in [5.41, 5.74) is 1.21. The molecule has 0 atom stereocenters. The van der Waals surface area contributed by atoms with Crippen LogP contribution in [0.5, 0.6) is 0 Å². The Morgan fingerprint density at radius 3 is 2.81 bits per heavy atom. The highest BCUT2D eigenvalue weighted by Gasteiger charge is 2.21. The van der Waals surface area contributed by atoms with E-state index in [1.54, 1.807) is 22.7 Å². The third-order valence-electron chi connectivity index (χ3n) is 3.96. The van der Waals surface area contributed by atoms with Crippen molar-refractivity contribution in [3.05, 3.63) is 34.7 Å². The number of rotatable bonds is 3. The van der Waals surface area contributed by atoms with Crippen LogP contribution in [0.3, 0.4) is 0 Å². The van der Waals surface area contributed by atoms with Gasteiger partial charge in [0.2, 0.25) is 0 Å². The van der Waals surface area contributed by atoms with Crippen molar-refractivity contribution in [3.8, 4) is 0 Å². The number of nitrogens with zero attached hydrogens (tertiary/aromatic N) is 3. The summed E-state index contributed by atoms with van der Waals surface area (Å²) < 4.78 is 1.75. The fourth-order valence-electron chi connectivity index (χ4n) is 2.69. The molecular weight excluding hydrogens is 292 g/mol. The van der Waals surface area contributed by atoms with E-state index in [0.29, 0.717) is 22.9 Å². The molecule has 21 heavy (non-hydrogen) atoms. The number of halogens is 1. The average molecular weight is 309 g/mol. The van der Waals surface area contributed by atoms with Crippen LogP contribution < -0.4 is 10.0 Å². The lowest BCUT2D eigenvalue weighted by Crippen LogP contribution is -3.11. The molecule has 1 saturated heterocycles. The predicted molar refractivity (Wildman–Crippen MR) is 76.4 cm³/mol. The molecule has 2 aromatic heterocycles. The summed E-state index contributed by atoms with van der Waals surface area (Å²) in [4.78, 5) is 19.2. The zero-order valence-corrected chi connectivity index (χ0v) is 12.6. The van der Waals surface area contributed by atoms with Gasteiger partial charge in [-0.3, -0.25) is 4.90 Å². The summed E-state index contributed by atoms with van der Waals surface area (Å²) in [7, 11) is 2.16. The van der Waals surface area contributed by atoms with Crippen LogP contribution in [-0.4, -0.2) is 53.5 Å². The monoisotopic (exact) mass is 308 g/mol. The Kier molecular flexibility index (Phi) is 3.84. The van der Waals surface area contributed by atoms with Crippen LogP contribution in [0.1, 0.15) is 16.2 Å². The normalized spacial score (nSPS) is 17.4. The fraction of sp³-hybridized carbons (Fsp3) is 0.429. The molecule has 7 heteroatoms. The molecule has 1 aliphatic rings. The molecule has 1 fully saturated rings. The van der Waals surface area contributed by atoms with E-state index < -0.39 is 5.97 Å². The van der Waals surface area contributed by atoms with E-state index in [1.807, 2.05) is 0 Å². The molecule has 3 rings (SSSR count). The number of piperazine rings is 1. The van der Waals surface area contributed by atoms with Gasteiger partial charge in [0.15, 0.2) is 0 Å². The maximum Gasteiger partial charge on any atom is 0.137 e. The smallest absolute Gasteiger partial charge is 0.137 e. The molecule has 0 bridgehead atoms. The van der Waals surface area contributed by atoms with Crippen LogP contribution in [0.4, 0.5) is 0 Å². The second-order valence-electron chi connectivity index (χ2n) is 5.50. The van der Waals surface area contributed by atoms with Gasteiger partial charge in [-0.1, -0.05) is 11.6 Å². The number of pyridine rings is 1. The number of nitrogens with one attached hydrogen (secondary N) is 1. The van der Waals surface area contributed by atoms with Crippen molar-refractivity contribution in [2.24, 2.45) is 0 Å². The SMILES string of the molecule is C[NH+]1CCN(Cc2c(C(=O)[O-])nc3ccc(Cl)cn23)CC1. The van der Waals surface area contributed by atoms with Crippen molar-refractivity contribution in [1.82, 2.24) is 14.3 Å². The molecule has 112 valence electrons. The zero-order chi connectivity index (χ0) is 15.0. The molecule has 0 amide bonds. The first-order valence-corrected chi connectivity index (χ1v) is 7.34. The fourth-order valence-corrected chi connectivity index (χ4v) is 2.85. The van der Waals surface area contributed by atoms with E-state index >= 15 is 0 Å². The molecule has 2 aromatic rings. The average Bonchev–Trinajstić information content (AvgIpc) is 2.80. The van der Waals surface area contributed by atoms with Crippen LogP contribution in [0.2, 0.25) is 5.02 Å². The highest BCUT2D eigenvalue weighted by atomic mass is 35.5. The maximum atomic E-state index is 11.3. The van der Waals surface area contributed by atoms with Crippen LogP contribution in [0, 0.1) is 0 Å². The minimum Gasteiger partial charge on any atom is -0.543 e. The number of carboxylic acid groups (broad SMARTS) is 1. The van der Waals surface area contributed by atoms with Crippen molar-refractivity contribution in [2.45, 2.75) is 6.54 Å². The van der Waals surface area contributed by atoms with Crippen molar-refractivity contribution in [1.29, 1.82) is 0 Å². The quantitative estimate of drug-likeness (QED) is 0.764. The Labute approximate surface area is 127 Å². The Balaban J connectivity index is 1.97. The van der Waals surface area contributed by atoms with Gasteiger partial charge in [0.05, 0.1) is 36.8 Å². The van der Waals surface area contributed by atoms with Crippen LogP contribution >= 0.6 is 11.6 Å². The number of hydrogen-bond acceptors (Lipinski definition) is 4. The van der Waals surface area contributed by atoms with Crippen molar-refractivity contribution in [3.63, 3.8) is 0 Å². The molecule has 0 saturated carbocycles. The predicted octanol–water partition coefficient (Wildman–Crippen LogP) is -1.32. The summed E-state index contributed by atoms with van der Waals surface area (Å²) in [6.45, 7) is 4.52. The number of hydrogen-bond donors (Lipinski definition) is 1. The third-order valence-corrected chi connectivity index (χ3v) is 4.18. The van der Waals surface area contributed by atoms with E-state index in [0.717, 1.165) is 26.2 Å². The summed E-state index contributed by atoms with van der Waals surface area (Å²) in [6, 6.07) is 3.42. The number of carbonyl (C=O) groups is 1. The van der Waals surface area contributed by atoms with E-state index in [4.69, 9.17) is 11.6 Å². The van der Waals surface area contributed by atoms with Gasteiger partial charge in [0.1, 0.15) is 11.3 Å². The van der Waals surface area contributed by atoms with Gasteiger partial charge in [-0.2, -0.15) is 0 Å². The highest BCUT2D eigenvalue weighted by Crippen LogP contribution is 2.18. The van der Waals surface area contributed by atoms with Gasteiger partial charge in [-0.15, -0.1) is 0 Å². The van der Waals surface area contributed by atoms with E-state index in [1.165, 1.54) is 4.90 Å². The highest BCUT2D eigenvalue weighted by molar-refractivity contribution is 6.30.